The van der Waals surface area contributed by atoms with Gasteiger partial charge in [-0.15, -0.1) is 0 Å². The number of fused-ring (bicyclic) bond motifs is 1. The monoisotopic (exact) mass is 336 g/mol. The Hall–Kier alpha value is -2.96. The highest BCUT2D eigenvalue weighted by Crippen LogP contribution is 2.36. The van der Waals surface area contributed by atoms with E-state index in [4.69, 9.17) is 5.73 Å². The molecule has 1 aliphatic carbocycles. The van der Waals surface area contributed by atoms with Crippen molar-refractivity contribution in [2.45, 2.75) is 38.8 Å². The van der Waals surface area contributed by atoms with Crippen molar-refractivity contribution in [2.75, 3.05) is 4.90 Å². The largest absolute Gasteiger partial charge is 0.366 e. The second-order valence-corrected chi connectivity index (χ2v) is 6.38. The fourth-order valence-corrected chi connectivity index (χ4v) is 3.15. The summed E-state index contributed by atoms with van der Waals surface area (Å²) in [5.74, 6) is 0.495. The second-order valence-electron chi connectivity index (χ2n) is 6.38. The summed E-state index contributed by atoms with van der Waals surface area (Å²) in [4.78, 5) is 22.6. The van der Waals surface area contributed by atoms with Crippen molar-refractivity contribution >= 4 is 22.8 Å². The van der Waals surface area contributed by atoms with Crippen LogP contribution >= 0.6 is 0 Å². The van der Waals surface area contributed by atoms with Crippen LogP contribution in [0.15, 0.2) is 30.6 Å². The molecule has 2 heterocycles. The zero-order valence-electron chi connectivity index (χ0n) is 14.1. The van der Waals surface area contributed by atoms with Crippen LogP contribution in [-0.4, -0.2) is 32.1 Å². The fraction of sp³-hybridized carbons (Fsp3) is 0.333. The van der Waals surface area contributed by atoms with Gasteiger partial charge in [0.25, 0.3) is 0 Å². The summed E-state index contributed by atoms with van der Waals surface area (Å²) in [5, 5.41) is 8.35. The third kappa shape index (κ3) is 2.93. The number of nitrogens with one attached hydrogen (secondary N) is 1. The number of aryl methyl sites for hydroxylation is 1. The van der Waals surface area contributed by atoms with Crippen molar-refractivity contribution in [3.05, 3.63) is 47.4 Å². The molecule has 1 aliphatic rings. The Morgan fingerprint density at radius 2 is 2.20 bits per heavy atom. The first-order valence-corrected chi connectivity index (χ1v) is 8.50. The minimum Gasteiger partial charge on any atom is -0.366 e. The van der Waals surface area contributed by atoms with Gasteiger partial charge >= 0.3 is 0 Å². The maximum atomic E-state index is 11.5. The molecule has 0 unspecified atom stereocenters. The molecule has 2 aromatic heterocycles. The molecule has 7 heteroatoms. The van der Waals surface area contributed by atoms with Gasteiger partial charge in [-0.1, -0.05) is 19.1 Å². The van der Waals surface area contributed by atoms with Crippen LogP contribution in [0.3, 0.4) is 0 Å². The Morgan fingerprint density at radius 1 is 1.36 bits per heavy atom. The number of aromatic nitrogens is 4. The zero-order valence-corrected chi connectivity index (χ0v) is 14.1. The lowest BCUT2D eigenvalue weighted by molar-refractivity contribution is 0.1000. The number of primary amides is 1. The molecule has 1 saturated carbocycles. The average molecular weight is 336 g/mol. The van der Waals surface area contributed by atoms with E-state index >= 15 is 0 Å². The molecule has 4 rings (SSSR count). The standard InChI is InChI=1S/C18H20N6O/c1-2-14-15-17(23-22-14)20-10-21-18(15)24(13-6-7-13)9-11-4-3-5-12(8-11)16(19)25/h3-5,8,10,13H,2,6-7,9H2,1H3,(H2,19,25)(H,20,21,22,23). The van der Waals surface area contributed by atoms with Crippen LogP contribution in [0.25, 0.3) is 11.0 Å². The quantitative estimate of drug-likeness (QED) is 0.718. The normalized spacial score (nSPS) is 14.0. The lowest BCUT2D eigenvalue weighted by atomic mass is 10.1. The summed E-state index contributed by atoms with van der Waals surface area (Å²) >= 11 is 0. The summed E-state index contributed by atoms with van der Waals surface area (Å²) in [6.07, 6.45) is 4.68. The third-order valence-corrected chi connectivity index (χ3v) is 4.58. The van der Waals surface area contributed by atoms with E-state index in [0.717, 1.165) is 41.7 Å². The summed E-state index contributed by atoms with van der Waals surface area (Å²) in [6.45, 7) is 2.76. The molecule has 1 amide bonds. The van der Waals surface area contributed by atoms with Gasteiger partial charge in [0.05, 0.1) is 5.39 Å². The number of rotatable bonds is 6. The Bertz CT molecular complexity index is 930. The lowest BCUT2D eigenvalue weighted by Crippen LogP contribution is -2.26. The van der Waals surface area contributed by atoms with Crippen molar-refractivity contribution in [3.8, 4) is 0 Å². The predicted molar refractivity (Wildman–Crippen MR) is 95.2 cm³/mol. The summed E-state index contributed by atoms with van der Waals surface area (Å²) in [5.41, 5.74) is 8.71. The molecule has 0 spiro atoms. The highest BCUT2D eigenvalue weighted by molar-refractivity contribution is 5.93. The number of benzene rings is 1. The van der Waals surface area contributed by atoms with Crippen LogP contribution in [0.2, 0.25) is 0 Å². The molecular formula is C18H20N6O. The number of anilines is 1. The van der Waals surface area contributed by atoms with E-state index in [9.17, 15) is 4.79 Å². The number of amides is 1. The van der Waals surface area contributed by atoms with Gasteiger partial charge in [0, 0.05) is 23.8 Å². The second kappa shape index (κ2) is 6.16. The highest BCUT2D eigenvalue weighted by atomic mass is 16.1. The van der Waals surface area contributed by atoms with E-state index in [2.05, 4.69) is 32.0 Å². The molecule has 25 heavy (non-hydrogen) atoms. The Kier molecular flexibility index (Phi) is 3.83. The molecule has 0 bridgehead atoms. The Morgan fingerprint density at radius 3 is 2.92 bits per heavy atom. The van der Waals surface area contributed by atoms with Gasteiger partial charge in [0.1, 0.15) is 12.1 Å². The van der Waals surface area contributed by atoms with Gasteiger partial charge < -0.3 is 10.6 Å². The third-order valence-electron chi connectivity index (χ3n) is 4.58. The maximum absolute atomic E-state index is 11.5. The van der Waals surface area contributed by atoms with Crippen molar-refractivity contribution in [1.82, 2.24) is 20.2 Å². The zero-order chi connectivity index (χ0) is 17.4. The minimum atomic E-state index is -0.410. The van der Waals surface area contributed by atoms with E-state index in [1.807, 2.05) is 18.2 Å². The minimum absolute atomic E-state index is 0.410. The molecule has 1 aromatic carbocycles. The van der Waals surface area contributed by atoms with Gasteiger partial charge in [-0.3, -0.25) is 9.89 Å². The van der Waals surface area contributed by atoms with Crippen LogP contribution < -0.4 is 10.6 Å². The van der Waals surface area contributed by atoms with Crippen molar-refractivity contribution in [2.24, 2.45) is 5.73 Å². The smallest absolute Gasteiger partial charge is 0.248 e. The number of H-pyrrole nitrogens is 1. The SMILES string of the molecule is CCc1[nH]nc2ncnc(N(Cc3cccc(C(N)=O)c3)C3CC3)c12. The number of carbonyl (C=O) groups excluding carboxylic acids is 1. The van der Waals surface area contributed by atoms with E-state index in [-0.39, 0.29) is 0 Å². The first kappa shape index (κ1) is 15.6. The highest BCUT2D eigenvalue weighted by Gasteiger charge is 2.32. The summed E-state index contributed by atoms with van der Waals surface area (Å²) in [7, 11) is 0. The predicted octanol–water partition coefficient (Wildman–Crippen LogP) is 2.18. The molecule has 3 aromatic rings. The van der Waals surface area contributed by atoms with E-state index in [1.165, 1.54) is 0 Å². The Labute approximate surface area is 145 Å². The number of aromatic amines is 1. The van der Waals surface area contributed by atoms with Crippen molar-refractivity contribution in [3.63, 3.8) is 0 Å². The average Bonchev–Trinajstić information content (AvgIpc) is 3.38. The number of nitrogens with zero attached hydrogens (tertiary/aromatic N) is 4. The number of hydrogen-bond donors (Lipinski definition) is 2. The molecule has 0 radical (unpaired) electrons. The van der Waals surface area contributed by atoms with Crippen LogP contribution in [0.4, 0.5) is 5.82 Å². The molecule has 0 saturated heterocycles. The molecule has 0 aliphatic heterocycles. The van der Waals surface area contributed by atoms with Crippen LogP contribution in [0.5, 0.6) is 0 Å². The molecular weight excluding hydrogens is 316 g/mol. The summed E-state index contributed by atoms with van der Waals surface area (Å²) < 4.78 is 0. The van der Waals surface area contributed by atoms with Gasteiger partial charge in [-0.2, -0.15) is 5.10 Å². The first-order chi connectivity index (χ1) is 12.2. The molecule has 0 atom stereocenters. The maximum Gasteiger partial charge on any atom is 0.248 e. The van der Waals surface area contributed by atoms with E-state index in [1.54, 1.807) is 12.4 Å². The van der Waals surface area contributed by atoms with Crippen molar-refractivity contribution in [1.29, 1.82) is 0 Å². The molecule has 128 valence electrons. The Balaban J connectivity index is 1.75. The van der Waals surface area contributed by atoms with Crippen LogP contribution in [0.1, 0.15) is 41.4 Å². The first-order valence-electron chi connectivity index (χ1n) is 8.50. The van der Waals surface area contributed by atoms with Crippen LogP contribution in [-0.2, 0) is 13.0 Å². The topological polar surface area (TPSA) is 101 Å². The number of nitrogens with two attached hydrogens (primary N) is 1. The number of hydrogen-bond acceptors (Lipinski definition) is 5. The summed E-state index contributed by atoms with van der Waals surface area (Å²) in [6, 6.07) is 7.92. The van der Waals surface area contributed by atoms with Gasteiger partial charge in [0.2, 0.25) is 5.91 Å². The fourth-order valence-electron chi connectivity index (χ4n) is 3.15. The van der Waals surface area contributed by atoms with Crippen molar-refractivity contribution < 1.29 is 4.79 Å². The number of carbonyl (C=O) groups is 1. The van der Waals surface area contributed by atoms with E-state index in [0.29, 0.717) is 23.8 Å². The molecule has 7 nitrogen and oxygen atoms in total. The van der Waals surface area contributed by atoms with Crippen LogP contribution in [0, 0.1) is 0 Å². The van der Waals surface area contributed by atoms with Gasteiger partial charge in [-0.25, -0.2) is 9.97 Å². The molecule has 1 fully saturated rings. The van der Waals surface area contributed by atoms with E-state index < -0.39 is 5.91 Å². The lowest BCUT2D eigenvalue weighted by Gasteiger charge is -2.24. The van der Waals surface area contributed by atoms with Gasteiger partial charge in [0.15, 0.2) is 5.65 Å². The van der Waals surface area contributed by atoms with Gasteiger partial charge in [-0.05, 0) is 37.0 Å². The molecule has 3 N–H and O–H groups in total.